The van der Waals surface area contributed by atoms with E-state index in [2.05, 4.69) is 29.1 Å². The molecule has 5 nitrogen and oxygen atoms in total. The predicted octanol–water partition coefficient (Wildman–Crippen LogP) is 3.46. The number of ether oxygens (including phenoxy) is 2. The Hall–Kier alpha value is -1.43. The van der Waals surface area contributed by atoms with Gasteiger partial charge in [-0.3, -0.25) is 4.98 Å². The quantitative estimate of drug-likeness (QED) is 0.634. The molecule has 0 radical (unpaired) electrons. The second-order valence-corrected chi connectivity index (χ2v) is 7.05. The Morgan fingerprint density at radius 3 is 2.76 bits per heavy atom. The molecule has 2 aromatic heterocycles. The Bertz CT molecular complexity index is 679. The van der Waals surface area contributed by atoms with Crippen molar-refractivity contribution in [2.24, 2.45) is 0 Å². The van der Waals surface area contributed by atoms with Gasteiger partial charge in [0.25, 0.3) is 0 Å². The van der Waals surface area contributed by atoms with Crippen molar-refractivity contribution in [1.82, 2.24) is 14.9 Å². The summed E-state index contributed by atoms with van der Waals surface area (Å²) in [7, 11) is 3.52. The summed E-state index contributed by atoms with van der Waals surface area (Å²) in [6.07, 6.45) is 9.95. The molecular formula is C20H31N3O2. The fraction of sp³-hybridized carbons (Fsp3) is 0.650. The number of hydrogen-bond donors (Lipinski definition) is 1. The molecule has 0 spiro atoms. The number of rotatable bonds is 11. The first-order chi connectivity index (χ1) is 12.2. The van der Waals surface area contributed by atoms with Crippen molar-refractivity contribution in [2.45, 2.75) is 57.7 Å². The molecule has 1 unspecified atom stereocenters. The maximum Gasteiger partial charge on any atom is 0.0931 e. The first-order valence-electron chi connectivity index (χ1n) is 9.45. The molecule has 2 heterocycles. The van der Waals surface area contributed by atoms with E-state index < -0.39 is 0 Å². The molecule has 3 rings (SSSR count). The fourth-order valence-electron chi connectivity index (χ4n) is 3.45. The highest BCUT2D eigenvalue weighted by Gasteiger charge is 2.25. The number of hydrogen-bond acceptors (Lipinski definition) is 4. The zero-order chi connectivity index (χ0) is 17.6. The van der Waals surface area contributed by atoms with Crippen LogP contribution < -0.4 is 5.32 Å². The summed E-state index contributed by atoms with van der Waals surface area (Å²) >= 11 is 0. The molecule has 1 atom stereocenters. The summed E-state index contributed by atoms with van der Waals surface area (Å²) in [6.45, 7) is 4.81. The number of nitrogens with zero attached hydrogens (tertiary/aromatic N) is 2. The SMILES string of the molecule is COCCCCn1cc(C(C)NC2CC2)c2nccc(CCOC)c21. The third-order valence-corrected chi connectivity index (χ3v) is 4.97. The van der Waals surface area contributed by atoms with Gasteiger partial charge in [0.1, 0.15) is 0 Å². The number of fused-ring (bicyclic) bond motifs is 1. The van der Waals surface area contributed by atoms with E-state index in [0.717, 1.165) is 44.5 Å². The van der Waals surface area contributed by atoms with Gasteiger partial charge in [0.05, 0.1) is 17.6 Å². The minimum Gasteiger partial charge on any atom is -0.385 e. The molecule has 0 aromatic carbocycles. The van der Waals surface area contributed by atoms with Crippen LogP contribution in [0.1, 0.15) is 49.8 Å². The van der Waals surface area contributed by atoms with Crippen LogP contribution in [0.25, 0.3) is 11.0 Å². The lowest BCUT2D eigenvalue weighted by Gasteiger charge is -2.11. The topological polar surface area (TPSA) is 48.3 Å². The van der Waals surface area contributed by atoms with Crippen molar-refractivity contribution in [2.75, 3.05) is 27.4 Å². The summed E-state index contributed by atoms with van der Waals surface area (Å²) in [6, 6.07) is 3.16. The molecular weight excluding hydrogens is 314 g/mol. The highest BCUT2D eigenvalue weighted by atomic mass is 16.5. The van der Waals surface area contributed by atoms with Gasteiger partial charge in [-0.1, -0.05) is 0 Å². The second kappa shape index (κ2) is 8.79. The first-order valence-corrected chi connectivity index (χ1v) is 9.45. The molecule has 138 valence electrons. The number of unbranched alkanes of at least 4 members (excludes halogenated alkanes) is 1. The molecule has 0 bridgehead atoms. The van der Waals surface area contributed by atoms with Crippen molar-refractivity contribution in [3.8, 4) is 0 Å². The van der Waals surface area contributed by atoms with E-state index >= 15 is 0 Å². The van der Waals surface area contributed by atoms with Crippen LogP contribution in [-0.4, -0.2) is 43.0 Å². The lowest BCUT2D eigenvalue weighted by atomic mass is 10.1. The summed E-state index contributed by atoms with van der Waals surface area (Å²) in [4.78, 5) is 4.74. The maximum absolute atomic E-state index is 5.30. The molecule has 0 saturated heterocycles. The molecule has 1 aliphatic carbocycles. The number of aromatic nitrogens is 2. The van der Waals surface area contributed by atoms with Gasteiger partial charge in [-0.15, -0.1) is 0 Å². The van der Waals surface area contributed by atoms with Gasteiger partial charge >= 0.3 is 0 Å². The molecule has 1 N–H and O–H groups in total. The van der Waals surface area contributed by atoms with Crippen molar-refractivity contribution < 1.29 is 9.47 Å². The van der Waals surface area contributed by atoms with Gasteiger partial charge in [0, 0.05) is 57.4 Å². The Morgan fingerprint density at radius 2 is 2.04 bits per heavy atom. The van der Waals surface area contributed by atoms with Crippen LogP contribution in [0, 0.1) is 0 Å². The fourth-order valence-corrected chi connectivity index (χ4v) is 3.45. The zero-order valence-corrected chi connectivity index (χ0v) is 15.8. The second-order valence-electron chi connectivity index (χ2n) is 7.05. The van der Waals surface area contributed by atoms with Gasteiger partial charge < -0.3 is 19.4 Å². The van der Waals surface area contributed by atoms with E-state index in [9.17, 15) is 0 Å². The van der Waals surface area contributed by atoms with Gasteiger partial charge in [-0.05, 0) is 50.7 Å². The molecule has 2 aromatic rings. The third kappa shape index (κ3) is 4.60. The molecule has 1 fully saturated rings. The van der Waals surface area contributed by atoms with Gasteiger partial charge in [0.15, 0.2) is 0 Å². The first kappa shape index (κ1) is 18.4. The Morgan fingerprint density at radius 1 is 1.24 bits per heavy atom. The van der Waals surface area contributed by atoms with E-state index in [4.69, 9.17) is 14.5 Å². The van der Waals surface area contributed by atoms with Crippen molar-refractivity contribution in [3.63, 3.8) is 0 Å². The zero-order valence-electron chi connectivity index (χ0n) is 15.8. The van der Waals surface area contributed by atoms with Gasteiger partial charge in [0.2, 0.25) is 0 Å². The van der Waals surface area contributed by atoms with Crippen LogP contribution in [0.15, 0.2) is 18.5 Å². The normalized spacial score (nSPS) is 15.8. The molecule has 25 heavy (non-hydrogen) atoms. The molecule has 1 aliphatic rings. The monoisotopic (exact) mass is 345 g/mol. The lowest BCUT2D eigenvalue weighted by molar-refractivity contribution is 0.191. The predicted molar refractivity (Wildman–Crippen MR) is 101 cm³/mol. The number of methoxy groups -OCH3 is 2. The molecule has 5 heteroatoms. The Kier molecular flexibility index (Phi) is 6.45. The minimum absolute atomic E-state index is 0.334. The number of nitrogens with one attached hydrogen (secondary N) is 1. The maximum atomic E-state index is 5.30. The average molecular weight is 345 g/mol. The summed E-state index contributed by atoms with van der Waals surface area (Å²) < 4.78 is 12.9. The largest absolute Gasteiger partial charge is 0.385 e. The van der Waals surface area contributed by atoms with Crippen molar-refractivity contribution >= 4 is 11.0 Å². The number of pyridine rings is 1. The standard InChI is InChI=1S/C20H31N3O2/c1-15(22-17-6-7-17)18-14-23(11-4-5-12-24-2)20-16(9-13-25-3)8-10-21-19(18)20/h8,10,14-15,17,22H,4-7,9,11-13H2,1-3H3. The van der Waals surface area contributed by atoms with Gasteiger partial charge in [-0.25, -0.2) is 0 Å². The van der Waals surface area contributed by atoms with E-state index in [1.165, 1.54) is 29.5 Å². The van der Waals surface area contributed by atoms with Crippen LogP contribution in [-0.2, 0) is 22.4 Å². The van der Waals surface area contributed by atoms with Crippen LogP contribution in [0.2, 0.25) is 0 Å². The van der Waals surface area contributed by atoms with E-state index in [1.807, 2.05) is 6.20 Å². The minimum atomic E-state index is 0.334. The van der Waals surface area contributed by atoms with E-state index in [-0.39, 0.29) is 0 Å². The van der Waals surface area contributed by atoms with Gasteiger partial charge in [-0.2, -0.15) is 0 Å². The summed E-state index contributed by atoms with van der Waals surface area (Å²) in [5, 5.41) is 3.72. The lowest BCUT2D eigenvalue weighted by Crippen LogP contribution is -2.20. The molecule has 1 saturated carbocycles. The highest BCUT2D eigenvalue weighted by molar-refractivity contribution is 5.83. The Labute approximate surface area is 150 Å². The van der Waals surface area contributed by atoms with E-state index in [0.29, 0.717) is 12.1 Å². The summed E-state index contributed by atoms with van der Waals surface area (Å²) in [5.41, 5.74) is 5.05. The van der Waals surface area contributed by atoms with Crippen LogP contribution >= 0.6 is 0 Å². The highest BCUT2D eigenvalue weighted by Crippen LogP contribution is 2.30. The molecule has 0 amide bonds. The number of aryl methyl sites for hydroxylation is 1. The van der Waals surface area contributed by atoms with Crippen LogP contribution in [0.4, 0.5) is 0 Å². The van der Waals surface area contributed by atoms with E-state index in [1.54, 1.807) is 14.2 Å². The van der Waals surface area contributed by atoms with Crippen molar-refractivity contribution in [3.05, 3.63) is 29.6 Å². The third-order valence-electron chi connectivity index (χ3n) is 4.97. The molecule has 0 aliphatic heterocycles. The smallest absolute Gasteiger partial charge is 0.0931 e. The summed E-state index contributed by atoms with van der Waals surface area (Å²) in [5.74, 6) is 0. The van der Waals surface area contributed by atoms with Crippen molar-refractivity contribution in [1.29, 1.82) is 0 Å². The van der Waals surface area contributed by atoms with Crippen LogP contribution in [0.3, 0.4) is 0 Å². The van der Waals surface area contributed by atoms with Crippen LogP contribution in [0.5, 0.6) is 0 Å². The Balaban J connectivity index is 1.89. The average Bonchev–Trinajstić information content (AvgIpc) is 3.35.